The Kier molecular flexibility index (Phi) is 12.4. The normalized spacial score (nSPS) is 10.6. The van der Waals surface area contributed by atoms with Crippen LogP contribution in [0.25, 0.3) is 20.9 Å². The highest BCUT2D eigenvalue weighted by Crippen LogP contribution is 2.42. The van der Waals surface area contributed by atoms with Crippen LogP contribution in [0.3, 0.4) is 0 Å². The van der Waals surface area contributed by atoms with Gasteiger partial charge in [0.05, 0.1) is 31.2 Å². The van der Waals surface area contributed by atoms with Gasteiger partial charge in [-0.05, 0) is 62.4 Å². The van der Waals surface area contributed by atoms with Gasteiger partial charge in [-0.2, -0.15) is 0 Å². The van der Waals surface area contributed by atoms with Crippen molar-refractivity contribution in [2.24, 2.45) is 0 Å². The van der Waals surface area contributed by atoms with E-state index in [9.17, 15) is 29.4 Å². The molecule has 0 fully saturated rings. The van der Waals surface area contributed by atoms with E-state index in [2.05, 4.69) is 10.6 Å². The number of halogens is 4. The zero-order valence-corrected chi connectivity index (χ0v) is 31.8. The van der Waals surface area contributed by atoms with Crippen molar-refractivity contribution in [3.63, 3.8) is 0 Å². The number of carboxylic acid groups (broad SMARTS) is 2. The lowest BCUT2D eigenvalue weighted by Gasteiger charge is -2.08. The second-order valence-corrected chi connectivity index (χ2v) is 14.7. The number of thiophene rings is 2. The summed E-state index contributed by atoms with van der Waals surface area (Å²) in [7, 11) is 0. The van der Waals surface area contributed by atoms with Crippen molar-refractivity contribution in [2.45, 2.75) is 13.8 Å². The molecule has 2 heterocycles. The zero-order valence-electron chi connectivity index (χ0n) is 27.1. The van der Waals surface area contributed by atoms with Crippen LogP contribution in [-0.4, -0.2) is 34.0 Å². The first kappa shape index (κ1) is 38.5. The van der Waals surface area contributed by atoms with Crippen LogP contribution in [-0.2, 0) is 0 Å². The Balaban J connectivity index is 0.000000201. The minimum Gasteiger partial charge on any atom is -0.478 e. The van der Waals surface area contributed by atoms with Crippen LogP contribution in [0.4, 0.5) is 11.4 Å². The molecule has 0 bridgehead atoms. The van der Waals surface area contributed by atoms with Crippen molar-refractivity contribution in [1.29, 1.82) is 0 Å². The van der Waals surface area contributed by atoms with Gasteiger partial charge >= 0.3 is 11.9 Å². The lowest BCUT2D eigenvalue weighted by Crippen LogP contribution is -2.14. The molecule has 6 aromatic rings. The van der Waals surface area contributed by atoms with Crippen molar-refractivity contribution < 1.29 is 29.4 Å². The van der Waals surface area contributed by atoms with E-state index in [-0.39, 0.29) is 34.3 Å². The van der Waals surface area contributed by atoms with Crippen LogP contribution in [0, 0.1) is 13.8 Å². The molecule has 4 aromatic carbocycles. The lowest BCUT2D eigenvalue weighted by atomic mass is 10.1. The highest BCUT2D eigenvalue weighted by molar-refractivity contribution is 7.15. The minimum atomic E-state index is -1.15. The molecule has 264 valence electrons. The molecular formula is C38H26Cl4N2O6S2. The van der Waals surface area contributed by atoms with Crippen LogP contribution in [0.15, 0.2) is 95.7 Å². The van der Waals surface area contributed by atoms with E-state index in [1.807, 2.05) is 26.0 Å². The molecule has 0 atom stereocenters. The molecule has 0 aliphatic heterocycles. The third-order valence-electron chi connectivity index (χ3n) is 7.42. The summed E-state index contributed by atoms with van der Waals surface area (Å²) in [5.41, 5.74) is 4.36. The summed E-state index contributed by atoms with van der Waals surface area (Å²) < 4.78 is 0. The molecule has 0 saturated heterocycles. The number of carboxylic acids is 2. The van der Waals surface area contributed by atoms with E-state index in [1.165, 1.54) is 22.7 Å². The zero-order chi connectivity index (χ0) is 37.7. The molecule has 0 unspecified atom stereocenters. The summed E-state index contributed by atoms with van der Waals surface area (Å²) in [5, 5.41) is 29.5. The number of carbonyl (C=O) groups excluding carboxylic acids is 2. The Labute approximate surface area is 326 Å². The highest BCUT2D eigenvalue weighted by Gasteiger charge is 2.24. The van der Waals surface area contributed by atoms with Crippen molar-refractivity contribution in [2.75, 3.05) is 10.6 Å². The molecule has 4 N–H and O–H groups in total. The van der Waals surface area contributed by atoms with E-state index in [1.54, 1.807) is 83.6 Å². The minimum absolute atomic E-state index is 0.000209. The first-order chi connectivity index (χ1) is 24.7. The van der Waals surface area contributed by atoms with Crippen LogP contribution >= 0.6 is 69.1 Å². The number of aromatic carboxylic acids is 2. The fraction of sp³-hybridized carbons (Fsp3) is 0.0526. The summed E-state index contributed by atoms with van der Waals surface area (Å²) in [6, 6.07) is 23.8. The third kappa shape index (κ3) is 9.02. The average molecular weight is 813 g/mol. The van der Waals surface area contributed by atoms with Crippen LogP contribution < -0.4 is 10.6 Å². The second-order valence-electron chi connectivity index (χ2n) is 11.2. The molecule has 2 amide bonds. The monoisotopic (exact) mass is 810 g/mol. The predicted molar refractivity (Wildman–Crippen MR) is 212 cm³/mol. The fourth-order valence-corrected chi connectivity index (χ4v) is 8.21. The summed E-state index contributed by atoms with van der Waals surface area (Å²) in [6.07, 6.45) is 0. The fourth-order valence-electron chi connectivity index (χ4n) is 5.03. The van der Waals surface area contributed by atoms with Crippen LogP contribution in [0.2, 0.25) is 20.1 Å². The maximum Gasteiger partial charge on any atom is 0.339 e. The standard InChI is InChI=1S/2C19H13Cl2NO3S/c2*1-10-3-2-4-11(7-10)18(23)22-15-9-26-17(16(15)19(24)25)13-6-5-12(20)8-14(13)21/h2*2-9H,1H3,(H,22,23)(H,24,25). The van der Waals surface area contributed by atoms with Crippen LogP contribution in [0.5, 0.6) is 0 Å². The van der Waals surface area contributed by atoms with E-state index in [0.717, 1.165) is 11.1 Å². The van der Waals surface area contributed by atoms with Gasteiger partial charge in [0.25, 0.3) is 11.8 Å². The van der Waals surface area contributed by atoms with Crippen molar-refractivity contribution in [3.05, 3.63) is 149 Å². The van der Waals surface area contributed by atoms with E-state index in [0.29, 0.717) is 52.1 Å². The van der Waals surface area contributed by atoms with E-state index in [4.69, 9.17) is 46.4 Å². The molecule has 52 heavy (non-hydrogen) atoms. The third-order valence-corrected chi connectivity index (χ3v) is 10.5. The van der Waals surface area contributed by atoms with Gasteiger partial charge < -0.3 is 20.8 Å². The Morgan fingerprint density at radius 1 is 0.558 bits per heavy atom. The Bertz CT molecular complexity index is 2190. The van der Waals surface area contributed by atoms with E-state index < -0.39 is 11.9 Å². The maximum absolute atomic E-state index is 12.5. The van der Waals surface area contributed by atoms with Gasteiger partial charge in [-0.1, -0.05) is 93.9 Å². The molecule has 0 radical (unpaired) electrons. The van der Waals surface area contributed by atoms with Gasteiger partial charge in [0.2, 0.25) is 0 Å². The molecular weight excluding hydrogens is 786 g/mol. The molecule has 0 spiro atoms. The molecule has 0 saturated carbocycles. The lowest BCUT2D eigenvalue weighted by molar-refractivity contribution is 0.0688. The molecule has 6 rings (SSSR count). The first-order valence-corrected chi connectivity index (χ1v) is 18.4. The van der Waals surface area contributed by atoms with Gasteiger partial charge in [0.1, 0.15) is 11.1 Å². The van der Waals surface area contributed by atoms with Gasteiger partial charge in [0.15, 0.2) is 0 Å². The molecule has 14 heteroatoms. The summed E-state index contributed by atoms with van der Waals surface area (Å²) in [4.78, 5) is 49.5. The molecule has 0 aliphatic carbocycles. The Morgan fingerprint density at radius 3 is 1.27 bits per heavy atom. The Hall–Kier alpha value is -4.68. The maximum atomic E-state index is 12.5. The van der Waals surface area contributed by atoms with Gasteiger partial charge in [0, 0.05) is 43.1 Å². The molecule has 2 aromatic heterocycles. The molecule has 8 nitrogen and oxygen atoms in total. The number of nitrogens with one attached hydrogen (secondary N) is 2. The predicted octanol–water partition coefficient (Wildman–Crippen LogP) is 12.0. The number of hydrogen-bond donors (Lipinski definition) is 4. The van der Waals surface area contributed by atoms with Gasteiger partial charge in [-0.3, -0.25) is 9.59 Å². The summed E-state index contributed by atoms with van der Waals surface area (Å²) >= 11 is 26.6. The number of carbonyl (C=O) groups is 4. The number of anilines is 2. The van der Waals surface area contributed by atoms with Gasteiger partial charge in [-0.25, -0.2) is 9.59 Å². The molecule has 0 aliphatic rings. The smallest absolute Gasteiger partial charge is 0.339 e. The summed E-state index contributed by atoms with van der Waals surface area (Å²) in [6.45, 7) is 3.76. The number of amides is 2. The second kappa shape index (κ2) is 16.8. The van der Waals surface area contributed by atoms with Crippen molar-refractivity contribution in [1.82, 2.24) is 0 Å². The van der Waals surface area contributed by atoms with E-state index >= 15 is 0 Å². The van der Waals surface area contributed by atoms with Gasteiger partial charge in [-0.15, -0.1) is 22.7 Å². The van der Waals surface area contributed by atoms with Crippen molar-refractivity contribution in [3.8, 4) is 20.9 Å². The number of rotatable bonds is 8. The number of aryl methyl sites for hydroxylation is 2. The largest absolute Gasteiger partial charge is 0.478 e. The Morgan fingerprint density at radius 2 is 0.942 bits per heavy atom. The number of benzene rings is 4. The number of hydrogen-bond acceptors (Lipinski definition) is 6. The quantitative estimate of drug-likeness (QED) is 0.121. The SMILES string of the molecule is Cc1cccc(C(=O)Nc2csc(-c3ccc(Cl)cc3Cl)c2C(=O)O)c1.Cc1cccc(C(=O)Nc2csc(-c3ccc(Cl)cc3Cl)c2C(=O)O)c1. The highest BCUT2D eigenvalue weighted by atomic mass is 35.5. The summed E-state index contributed by atoms with van der Waals surface area (Å²) in [5.74, 6) is -3.04. The average Bonchev–Trinajstić information content (AvgIpc) is 3.69. The van der Waals surface area contributed by atoms with Crippen LogP contribution in [0.1, 0.15) is 52.6 Å². The topological polar surface area (TPSA) is 133 Å². The first-order valence-electron chi connectivity index (χ1n) is 15.1. The van der Waals surface area contributed by atoms with Crippen molar-refractivity contribution >= 4 is 104 Å².